The van der Waals surface area contributed by atoms with Gasteiger partial charge in [0, 0.05) is 17.9 Å². The van der Waals surface area contributed by atoms with Crippen LogP contribution in [0.25, 0.3) is 17.1 Å². The topological polar surface area (TPSA) is 78.3 Å². The lowest BCUT2D eigenvalue weighted by atomic mass is 10.1. The van der Waals surface area contributed by atoms with Crippen LogP contribution in [0, 0.1) is 6.92 Å². The largest absolute Gasteiger partial charge is 0.460 e. The fraction of sp³-hybridized carbons (Fsp3) is 0.286. The van der Waals surface area contributed by atoms with Gasteiger partial charge in [0.05, 0.1) is 12.3 Å². The highest BCUT2D eigenvalue weighted by Crippen LogP contribution is 2.26. The van der Waals surface area contributed by atoms with E-state index in [1.54, 1.807) is 16.8 Å². The maximum atomic E-state index is 11.5. The van der Waals surface area contributed by atoms with Gasteiger partial charge in [-0.2, -0.15) is 4.98 Å². The fourth-order valence-corrected chi connectivity index (χ4v) is 2.82. The highest BCUT2D eigenvalue weighted by Gasteiger charge is 2.16. The number of aryl methyl sites for hydroxylation is 1. The molecule has 1 N–H and O–H groups in total. The minimum Gasteiger partial charge on any atom is -0.460 e. The van der Waals surface area contributed by atoms with Crippen LogP contribution in [0.3, 0.4) is 0 Å². The van der Waals surface area contributed by atoms with Crippen LogP contribution in [0.15, 0.2) is 48.5 Å². The van der Waals surface area contributed by atoms with E-state index in [9.17, 15) is 4.79 Å². The number of rotatable bonds is 9. The second-order valence-corrected chi connectivity index (χ2v) is 6.49. The van der Waals surface area contributed by atoms with Gasteiger partial charge in [-0.05, 0) is 43.7 Å². The summed E-state index contributed by atoms with van der Waals surface area (Å²) in [6.07, 6.45) is 0. The van der Waals surface area contributed by atoms with E-state index >= 15 is 0 Å². The zero-order valence-electron chi connectivity index (χ0n) is 16.4. The molecular formula is C21H23ClN4O3. The predicted octanol–water partition coefficient (Wildman–Crippen LogP) is 3.84. The number of benzene rings is 2. The number of nitrogens with zero attached hydrogens (tertiary/aromatic N) is 3. The second kappa shape index (κ2) is 10.0. The number of carbonyl (C=O) groups excluding carboxylic acids is 1. The Morgan fingerprint density at radius 2 is 1.90 bits per heavy atom. The summed E-state index contributed by atoms with van der Waals surface area (Å²) in [5.41, 5.74) is 3.48. The molecule has 3 aromatic rings. The molecule has 0 spiro atoms. The molecule has 0 radical (unpaired) electrons. The van der Waals surface area contributed by atoms with Gasteiger partial charge in [-0.1, -0.05) is 24.3 Å². The molecule has 1 heterocycles. The van der Waals surface area contributed by atoms with E-state index in [2.05, 4.69) is 15.4 Å². The van der Waals surface area contributed by atoms with E-state index in [4.69, 9.17) is 21.1 Å². The van der Waals surface area contributed by atoms with E-state index in [1.165, 1.54) is 0 Å². The molecule has 1 aromatic heterocycles. The summed E-state index contributed by atoms with van der Waals surface area (Å²) in [6, 6.07) is 15.5. The van der Waals surface area contributed by atoms with Gasteiger partial charge in [-0.25, -0.2) is 4.68 Å². The molecule has 152 valence electrons. The van der Waals surface area contributed by atoms with Crippen LogP contribution < -0.4 is 10.1 Å². The molecule has 0 bridgehead atoms. The van der Waals surface area contributed by atoms with Crippen molar-refractivity contribution in [3.63, 3.8) is 0 Å². The lowest BCUT2D eigenvalue weighted by Crippen LogP contribution is -2.12. The molecule has 0 aliphatic heterocycles. The van der Waals surface area contributed by atoms with Gasteiger partial charge in [-0.3, -0.25) is 4.79 Å². The third-order valence-electron chi connectivity index (χ3n) is 4.15. The summed E-state index contributed by atoms with van der Waals surface area (Å²) < 4.78 is 12.7. The average Bonchev–Trinajstić information content (AvgIpc) is 3.16. The summed E-state index contributed by atoms with van der Waals surface area (Å²) >= 11 is 5.54. The standard InChI is InChI=1S/C21H23ClN4O3/c1-3-28-12-13-29-21-24-20(18-7-5-4-6-15(18)2)26(25-21)17-10-8-16(9-11-17)23-19(27)14-22/h4-11H,3,12-14H2,1-2H3,(H,23,27). The zero-order chi connectivity index (χ0) is 20.6. The molecule has 2 aromatic carbocycles. The average molecular weight is 415 g/mol. The van der Waals surface area contributed by atoms with Crippen LogP contribution in [0.1, 0.15) is 12.5 Å². The first kappa shape index (κ1) is 20.8. The molecular weight excluding hydrogens is 392 g/mol. The lowest BCUT2D eigenvalue weighted by molar-refractivity contribution is -0.113. The van der Waals surface area contributed by atoms with Gasteiger partial charge in [0.2, 0.25) is 5.91 Å². The number of alkyl halides is 1. The summed E-state index contributed by atoms with van der Waals surface area (Å²) in [7, 11) is 0. The minimum atomic E-state index is -0.259. The van der Waals surface area contributed by atoms with E-state index in [0.29, 0.717) is 31.3 Å². The highest BCUT2D eigenvalue weighted by molar-refractivity contribution is 6.29. The van der Waals surface area contributed by atoms with E-state index < -0.39 is 0 Å². The molecule has 0 aliphatic rings. The number of hydrogen-bond donors (Lipinski definition) is 1. The number of carbonyl (C=O) groups is 1. The molecule has 0 unspecified atom stereocenters. The van der Waals surface area contributed by atoms with Crippen LogP contribution >= 0.6 is 11.6 Å². The Morgan fingerprint density at radius 3 is 2.59 bits per heavy atom. The maximum absolute atomic E-state index is 11.5. The summed E-state index contributed by atoms with van der Waals surface area (Å²) in [6.45, 7) is 5.43. The van der Waals surface area contributed by atoms with Crippen molar-refractivity contribution in [3.8, 4) is 23.1 Å². The number of ether oxygens (including phenoxy) is 2. The van der Waals surface area contributed by atoms with Crippen molar-refractivity contribution in [3.05, 3.63) is 54.1 Å². The normalized spacial score (nSPS) is 10.7. The van der Waals surface area contributed by atoms with Gasteiger partial charge in [0.25, 0.3) is 0 Å². The van der Waals surface area contributed by atoms with Crippen molar-refractivity contribution < 1.29 is 14.3 Å². The number of halogens is 1. The lowest BCUT2D eigenvalue weighted by Gasteiger charge is -2.09. The molecule has 0 atom stereocenters. The number of anilines is 1. The SMILES string of the molecule is CCOCCOc1nc(-c2ccccc2C)n(-c2ccc(NC(=O)CCl)cc2)n1. The van der Waals surface area contributed by atoms with Gasteiger partial charge < -0.3 is 14.8 Å². The quantitative estimate of drug-likeness (QED) is 0.425. The molecule has 7 nitrogen and oxygen atoms in total. The maximum Gasteiger partial charge on any atom is 0.336 e. The number of amides is 1. The van der Waals surface area contributed by atoms with Gasteiger partial charge in [-0.15, -0.1) is 16.7 Å². The van der Waals surface area contributed by atoms with Crippen molar-refractivity contribution in [1.29, 1.82) is 0 Å². The number of aromatic nitrogens is 3. The van der Waals surface area contributed by atoms with Crippen LogP contribution in [0.5, 0.6) is 6.01 Å². The summed E-state index contributed by atoms with van der Waals surface area (Å²) in [5.74, 6) is 0.322. The van der Waals surface area contributed by atoms with Crippen molar-refractivity contribution in [2.45, 2.75) is 13.8 Å². The van der Waals surface area contributed by atoms with Crippen LogP contribution in [0.4, 0.5) is 5.69 Å². The molecule has 0 saturated heterocycles. The minimum absolute atomic E-state index is 0.0926. The molecule has 1 amide bonds. The number of hydrogen-bond acceptors (Lipinski definition) is 5. The van der Waals surface area contributed by atoms with E-state index in [1.807, 2.05) is 50.2 Å². The Kier molecular flexibility index (Phi) is 7.21. The van der Waals surface area contributed by atoms with Gasteiger partial charge in [0.1, 0.15) is 12.5 Å². The third-order valence-corrected chi connectivity index (χ3v) is 4.40. The Morgan fingerprint density at radius 1 is 1.14 bits per heavy atom. The van der Waals surface area contributed by atoms with Gasteiger partial charge in [0.15, 0.2) is 5.82 Å². The van der Waals surface area contributed by atoms with Crippen molar-refractivity contribution >= 4 is 23.2 Å². The van der Waals surface area contributed by atoms with Crippen molar-refractivity contribution in [1.82, 2.24) is 14.8 Å². The Labute approximate surface area is 174 Å². The molecule has 0 aliphatic carbocycles. The first-order valence-electron chi connectivity index (χ1n) is 9.32. The van der Waals surface area contributed by atoms with Crippen LogP contribution in [0.2, 0.25) is 0 Å². The fourth-order valence-electron chi connectivity index (χ4n) is 2.75. The van der Waals surface area contributed by atoms with E-state index in [0.717, 1.165) is 16.8 Å². The predicted molar refractivity (Wildman–Crippen MR) is 113 cm³/mol. The monoisotopic (exact) mass is 414 g/mol. The molecule has 0 saturated carbocycles. The van der Waals surface area contributed by atoms with Crippen molar-refractivity contribution in [2.75, 3.05) is 31.0 Å². The first-order valence-corrected chi connectivity index (χ1v) is 9.85. The molecule has 3 rings (SSSR count). The summed E-state index contributed by atoms with van der Waals surface area (Å²) in [5, 5.41) is 7.24. The van der Waals surface area contributed by atoms with Gasteiger partial charge >= 0.3 is 6.01 Å². The van der Waals surface area contributed by atoms with Crippen molar-refractivity contribution in [2.24, 2.45) is 0 Å². The van der Waals surface area contributed by atoms with E-state index in [-0.39, 0.29) is 17.8 Å². The second-order valence-electron chi connectivity index (χ2n) is 6.22. The summed E-state index contributed by atoms with van der Waals surface area (Å²) in [4.78, 5) is 16.1. The van der Waals surface area contributed by atoms with Crippen LogP contribution in [-0.2, 0) is 9.53 Å². The van der Waals surface area contributed by atoms with Crippen LogP contribution in [-0.4, -0.2) is 46.4 Å². The first-order chi connectivity index (χ1) is 14.1. The molecule has 8 heteroatoms. The Balaban J connectivity index is 1.92. The number of nitrogens with one attached hydrogen (secondary N) is 1. The third kappa shape index (κ3) is 5.34. The molecule has 0 fully saturated rings. The smallest absolute Gasteiger partial charge is 0.336 e. The molecule has 29 heavy (non-hydrogen) atoms. The Bertz CT molecular complexity index is 957. The zero-order valence-corrected chi connectivity index (χ0v) is 17.1. The Hall–Kier alpha value is -2.90. The highest BCUT2D eigenvalue weighted by atomic mass is 35.5.